The summed E-state index contributed by atoms with van der Waals surface area (Å²) < 4.78 is 68.9. The second kappa shape index (κ2) is 8.35. The zero-order valence-corrected chi connectivity index (χ0v) is 22.4. The summed E-state index contributed by atoms with van der Waals surface area (Å²) in [6.07, 6.45) is 2.19. The number of thioether (sulfide) groups is 1. The summed E-state index contributed by atoms with van der Waals surface area (Å²) in [6.45, 7) is 1.70. The van der Waals surface area contributed by atoms with Crippen LogP contribution in [-0.4, -0.2) is 82.0 Å². The first-order valence-electron chi connectivity index (χ1n) is 12.9. The molecule has 0 radical (unpaired) electrons. The maximum atomic E-state index is 13.8. The van der Waals surface area contributed by atoms with Gasteiger partial charge in [-0.3, -0.25) is 23.7 Å². The molecule has 3 aliphatic heterocycles. The Morgan fingerprint density at radius 1 is 1.16 bits per heavy atom. The van der Waals surface area contributed by atoms with E-state index in [0.717, 1.165) is 12.8 Å². The van der Waals surface area contributed by atoms with Crippen LogP contribution in [0.5, 0.6) is 0 Å². The normalized spacial score (nSPS) is 42.9. The number of Topliss-reactive ketones (excluding diaryl/α,β-unsaturated/α-hetero) is 1. The standard InChI is InChI=1S/C24H29F2NO9S2/c1-9(2)27-15-17(36-22(31)23-5-10-3-11(6-23)16(28)12(4-10)7-23)19-14(13(20(27)29)18(15)37-19)21(30)35-8-24(25,26)38(32,33)34/h9-15,17-19H,3-8H2,1-2H3,(H,32,33,34). The number of rotatable bonds is 7. The third kappa shape index (κ3) is 3.61. The lowest BCUT2D eigenvalue weighted by Gasteiger charge is -2.54. The molecule has 0 aromatic heterocycles. The first-order valence-corrected chi connectivity index (χ1v) is 15.3. The van der Waals surface area contributed by atoms with Crippen LogP contribution in [0.2, 0.25) is 0 Å². The summed E-state index contributed by atoms with van der Waals surface area (Å²) >= 11 is 1.29. The maximum absolute atomic E-state index is 13.8. The second-order valence-electron chi connectivity index (χ2n) is 12.1. The van der Waals surface area contributed by atoms with Gasteiger partial charge in [-0.1, -0.05) is 0 Å². The highest BCUT2D eigenvalue weighted by atomic mass is 32.2. The van der Waals surface area contributed by atoms with Crippen LogP contribution in [0.3, 0.4) is 0 Å². The molecule has 7 aliphatic rings. The molecule has 0 aromatic rings. The molecular weight excluding hydrogens is 548 g/mol. The number of fused-ring (bicyclic) bond motifs is 1. The van der Waals surface area contributed by atoms with Crippen LogP contribution in [0, 0.1) is 35.0 Å². The van der Waals surface area contributed by atoms with Crippen LogP contribution in [0.25, 0.3) is 0 Å². The number of carbonyl (C=O) groups is 4. The number of likely N-dealkylation sites (tertiary alicyclic amines) is 1. The van der Waals surface area contributed by atoms with Crippen molar-refractivity contribution in [1.82, 2.24) is 4.90 Å². The van der Waals surface area contributed by atoms with Gasteiger partial charge in [0.2, 0.25) is 5.91 Å². The number of amides is 1. The Labute approximate surface area is 222 Å². The summed E-state index contributed by atoms with van der Waals surface area (Å²) in [7, 11) is -5.81. The number of ketones is 1. The topological polar surface area (TPSA) is 144 Å². The van der Waals surface area contributed by atoms with Crippen LogP contribution in [-0.2, 0) is 38.8 Å². The number of esters is 2. The van der Waals surface area contributed by atoms with Gasteiger partial charge >= 0.3 is 27.3 Å². The molecule has 38 heavy (non-hydrogen) atoms. The van der Waals surface area contributed by atoms with Gasteiger partial charge in [-0.15, -0.1) is 11.8 Å². The Bertz CT molecular complexity index is 1210. The van der Waals surface area contributed by atoms with Gasteiger partial charge in [0.05, 0.1) is 28.5 Å². The van der Waals surface area contributed by atoms with Crippen molar-refractivity contribution in [2.24, 2.45) is 35.0 Å². The van der Waals surface area contributed by atoms with Gasteiger partial charge in [-0.05, 0) is 51.9 Å². The number of hydrogen-bond donors (Lipinski definition) is 1. The van der Waals surface area contributed by atoms with Crippen molar-refractivity contribution in [1.29, 1.82) is 0 Å². The minimum atomic E-state index is -5.81. The van der Waals surface area contributed by atoms with E-state index in [9.17, 15) is 36.4 Å². The minimum absolute atomic E-state index is 0.153. The Kier molecular flexibility index (Phi) is 5.81. The van der Waals surface area contributed by atoms with E-state index < -0.39 is 73.8 Å². The largest absolute Gasteiger partial charge is 0.458 e. The van der Waals surface area contributed by atoms with Crippen molar-refractivity contribution in [3.63, 3.8) is 0 Å². The van der Waals surface area contributed by atoms with Crippen LogP contribution >= 0.6 is 11.8 Å². The molecule has 1 N–H and O–H groups in total. The van der Waals surface area contributed by atoms with E-state index in [-0.39, 0.29) is 35.5 Å². The van der Waals surface area contributed by atoms with E-state index in [2.05, 4.69) is 4.74 Å². The van der Waals surface area contributed by atoms with Crippen LogP contribution in [0.4, 0.5) is 8.78 Å². The third-order valence-corrected chi connectivity index (χ3v) is 12.2. The van der Waals surface area contributed by atoms with Gasteiger partial charge in [0.1, 0.15) is 11.9 Å². The maximum Gasteiger partial charge on any atom is 0.402 e. The molecule has 0 aromatic carbocycles. The average molecular weight is 578 g/mol. The van der Waals surface area contributed by atoms with Crippen LogP contribution in [0.1, 0.15) is 46.0 Å². The molecule has 7 rings (SSSR count). The highest BCUT2D eigenvalue weighted by Crippen LogP contribution is 2.62. The van der Waals surface area contributed by atoms with Crippen molar-refractivity contribution in [2.75, 3.05) is 6.61 Å². The molecule has 7 fully saturated rings. The number of hydrogen-bond acceptors (Lipinski definition) is 9. The van der Waals surface area contributed by atoms with Crippen molar-refractivity contribution in [3.8, 4) is 0 Å². The minimum Gasteiger partial charge on any atom is -0.458 e. The Morgan fingerprint density at radius 3 is 2.37 bits per heavy atom. The number of ether oxygens (including phenoxy) is 2. The second-order valence-corrected chi connectivity index (χ2v) is 15.0. The number of nitrogens with zero attached hydrogens (tertiary/aromatic N) is 1. The highest BCUT2D eigenvalue weighted by molar-refractivity contribution is 8.01. The molecule has 3 heterocycles. The summed E-state index contributed by atoms with van der Waals surface area (Å²) in [5, 5.41) is -5.87. The van der Waals surface area contributed by atoms with Crippen molar-refractivity contribution >= 4 is 45.5 Å². The Hall–Kier alpha value is -1.80. The lowest BCUT2D eigenvalue weighted by molar-refractivity contribution is -0.183. The molecule has 210 valence electrons. The summed E-state index contributed by atoms with van der Waals surface area (Å²) in [6, 6.07) is -0.776. The van der Waals surface area contributed by atoms with Crippen molar-refractivity contribution in [3.05, 3.63) is 0 Å². The zero-order valence-electron chi connectivity index (χ0n) is 20.7. The summed E-state index contributed by atoms with van der Waals surface area (Å²) in [5.41, 5.74) is -0.783. The van der Waals surface area contributed by atoms with E-state index in [0.29, 0.717) is 19.3 Å². The monoisotopic (exact) mass is 577 g/mol. The number of alkyl halides is 2. The van der Waals surface area contributed by atoms with E-state index in [1.54, 1.807) is 18.7 Å². The fourth-order valence-corrected chi connectivity index (χ4v) is 10.5. The molecule has 10 nitrogen and oxygen atoms in total. The molecule has 6 bridgehead atoms. The predicted octanol–water partition coefficient (Wildman–Crippen LogP) is 1.67. The molecular formula is C24H29F2NO9S2. The van der Waals surface area contributed by atoms with Crippen molar-refractivity contribution in [2.45, 2.75) is 79.9 Å². The summed E-state index contributed by atoms with van der Waals surface area (Å²) in [4.78, 5) is 54.3. The average Bonchev–Trinajstić information content (AvgIpc) is 3.42. The first kappa shape index (κ1) is 26.4. The quantitative estimate of drug-likeness (QED) is 0.350. The molecule has 1 amide bonds. The number of carbonyl (C=O) groups excluding carboxylic acids is 4. The molecule has 8 atom stereocenters. The van der Waals surface area contributed by atoms with E-state index in [1.165, 1.54) is 11.8 Å². The smallest absolute Gasteiger partial charge is 0.402 e. The molecule has 8 unspecified atom stereocenters. The molecule has 14 heteroatoms. The zero-order chi connectivity index (χ0) is 27.5. The lowest BCUT2D eigenvalue weighted by Crippen LogP contribution is -2.57. The van der Waals surface area contributed by atoms with Gasteiger partial charge in [0.15, 0.2) is 6.61 Å². The van der Waals surface area contributed by atoms with Gasteiger partial charge < -0.3 is 14.4 Å². The Morgan fingerprint density at radius 2 is 1.79 bits per heavy atom. The van der Waals surface area contributed by atoms with Gasteiger partial charge in [0, 0.05) is 23.1 Å². The first-order chi connectivity index (χ1) is 17.6. The van der Waals surface area contributed by atoms with E-state index in [4.69, 9.17) is 9.29 Å². The fraction of sp³-hybridized carbons (Fsp3) is 0.833. The fourth-order valence-electron chi connectivity index (χ4n) is 8.23. The SMILES string of the molecule is CC(C)N1C(=O)C2C3SC(C(OC(=O)C45CC6CC(C4)C(=O)C(C6)C5)C31)C2C(=O)OCC(F)(F)S(=O)(=O)O. The molecule has 3 saturated heterocycles. The third-order valence-electron chi connectivity index (χ3n) is 9.53. The van der Waals surface area contributed by atoms with Gasteiger partial charge in [-0.25, -0.2) is 0 Å². The predicted molar refractivity (Wildman–Crippen MR) is 126 cm³/mol. The van der Waals surface area contributed by atoms with Gasteiger partial charge in [-0.2, -0.15) is 17.2 Å². The molecule has 4 saturated carbocycles. The van der Waals surface area contributed by atoms with Gasteiger partial charge in [0.25, 0.3) is 0 Å². The lowest BCUT2D eigenvalue weighted by atomic mass is 9.49. The van der Waals surface area contributed by atoms with Crippen LogP contribution in [0.15, 0.2) is 0 Å². The molecule has 4 aliphatic carbocycles. The summed E-state index contributed by atoms with van der Waals surface area (Å²) in [5.74, 6) is -3.90. The number of halogens is 2. The molecule has 0 spiro atoms. The van der Waals surface area contributed by atoms with E-state index in [1.807, 2.05) is 0 Å². The highest BCUT2D eigenvalue weighted by Gasteiger charge is 2.73. The van der Waals surface area contributed by atoms with Crippen molar-refractivity contribution < 1.29 is 50.4 Å². The van der Waals surface area contributed by atoms with E-state index >= 15 is 0 Å². The Balaban J connectivity index is 1.26. The van der Waals surface area contributed by atoms with Crippen LogP contribution < -0.4 is 0 Å².